The highest BCUT2D eigenvalue weighted by Crippen LogP contribution is 2.22. The Morgan fingerprint density at radius 3 is 2.64 bits per heavy atom. The molecule has 74 valence electrons. The summed E-state index contributed by atoms with van der Waals surface area (Å²) in [5.41, 5.74) is 1.06. The minimum Gasteiger partial charge on any atom is -0.508 e. The van der Waals surface area contributed by atoms with E-state index in [1.165, 1.54) is 6.07 Å². The average Bonchev–Trinajstić information content (AvgIpc) is 2.11. The molecule has 0 aromatic heterocycles. The summed E-state index contributed by atoms with van der Waals surface area (Å²) in [4.78, 5) is 11.1. The van der Waals surface area contributed by atoms with Gasteiger partial charge in [0, 0.05) is 11.6 Å². The molecule has 0 radical (unpaired) electrons. The van der Waals surface area contributed by atoms with Crippen molar-refractivity contribution >= 4 is 5.97 Å². The summed E-state index contributed by atoms with van der Waals surface area (Å²) in [7, 11) is 0. The van der Waals surface area contributed by atoms with Gasteiger partial charge in [0.1, 0.15) is 11.5 Å². The summed E-state index contributed by atoms with van der Waals surface area (Å²) < 4.78 is 4.91. The van der Waals surface area contributed by atoms with Crippen LogP contribution in [0.2, 0.25) is 0 Å². The van der Waals surface area contributed by atoms with Crippen molar-refractivity contribution in [3.05, 3.63) is 35.9 Å². The van der Waals surface area contributed by atoms with E-state index in [4.69, 9.17) is 4.74 Å². The maximum Gasteiger partial charge on any atom is 0.338 e. The molecule has 1 aromatic carbocycles. The monoisotopic (exact) mass is 192 g/mol. The van der Waals surface area contributed by atoms with Crippen molar-refractivity contribution in [1.82, 2.24) is 0 Å². The van der Waals surface area contributed by atoms with Crippen LogP contribution in [0, 0.1) is 6.92 Å². The fourth-order valence-corrected chi connectivity index (χ4v) is 0.847. The maximum atomic E-state index is 11.1. The summed E-state index contributed by atoms with van der Waals surface area (Å²) in [5, 5.41) is 9.34. The number of aryl methyl sites for hydroxylation is 1. The van der Waals surface area contributed by atoms with Gasteiger partial charge in [0.05, 0.1) is 0 Å². The third kappa shape index (κ3) is 2.36. The van der Waals surface area contributed by atoms with Crippen LogP contribution in [0.5, 0.6) is 11.5 Å². The number of phenols is 1. The van der Waals surface area contributed by atoms with Gasteiger partial charge in [-0.15, -0.1) is 0 Å². The molecule has 0 saturated carbocycles. The Balaban J connectivity index is 2.83. The van der Waals surface area contributed by atoms with Crippen LogP contribution in [0.1, 0.15) is 12.5 Å². The molecular weight excluding hydrogens is 180 g/mol. The van der Waals surface area contributed by atoms with E-state index in [1.54, 1.807) is 26.0 Å². The minimum absolute atomic E-state index is 0.108. The number of hydrogen-bond donors (Lipinski definition) is 1. The van der Waals surface area contributed by atoms with Crippen LogP contribution in [0.4, 0.5) is 0 Å². The molecule has 14 heavy (non-hydrogen) atoms. The molecule has 1 N–H and O–H groups in total. The van der Waals surface area contributed by atoms with Crippen LogP contribution >= 0.6 is 0 Å². The zero-order valence-electron chi connectivity index (χ0n) is 8.20. The van der Waals surface area contributed by atoms with E-state index in [0.29, 0.717) is 11.3 Å². The SMILES string of the molecule is C=C(C)C(=O)Oc1ccc(C)c(O)c1. The van der Waals surface area contributed by atoms with Gasteiger partial charge in [-0.05, 0) is 25.5 Å². The number of carbonyl (C=O) groups excluding carboxylic acids is 1. The predicted octanol–water partition coefficient (Wildman–Crippen LogP) is 2.18. The molecule has 1 rings (SSSR count). The first-order valence-corrected chi connectivity index (χ1v) is 4.18. The number of carbonyl (C=O) groups is 1. The van der Waals surface area contributed by atoms with Crippen molar-refractivity contribution in [3.63, 3.8) is 0 Å². The number of rotatable bonds is 2. The molecule has 3 heteroatoms. The fraction of sp³-hybridized carbons (Fsp3) is 0.182. The van der Waals surface area contributed by atoms with Crippen molar-refractivity contribution < 1.29 is 14.6 Å². The number of ether oxygens (including phenoxy) is 1. The van der Waals surface area contributed by atoms with Crippen molar-refractivity contribution in [2.75, 3.05) is 0 Å². The number of hydrogen-bond acceptors (Lipinski definition) is 3. The number of benzene rings is 1. The summed E-state index contributed by atoms with van der Waals surface area (Å²) >= 11 is 0. The van der Waals surface area contributed by atoms with Crippen molar-refractivity contribution in [3.8, 4) is 11.5 Å². The highest BCUT2D eigenvalue weighted by atomic mass is 16.5. The maximum absolute atomic E-state index is 11.1. The minimum atomic E-state index is -0.492. The van der Waals surface area contributed by atoms with E-state index in [0.717, 1.165) is 5.56 Å². The highest BCUT2D eigenvalue weighted by molar-refractivity contribution is 5.88. The van der Waals surface area contributed by atoms with E-state index in [2.05, 4.69) is 6.58 Å². The fourth-order valence-electron chi connectivity index (χ4n) is 0.847. The Hall–Kier alpha value is -1.77. The number of aromatic hydroxyl groups is 1. The van der Waals surface area contributed by atoms with E-state index in [1.807, 2.05) is 0 Å². The Kier molecular flexibility index (Phi) is 2.92. The standard InChI is InChI=1S/C11H12O3/c1-7(2)11(13)14-9-5-4-8(3)10(12)6-9/h4-6,12H,1H2,2-3H3. The van der Waals surface area contributed by atoms with E-state index in [-0.39, 0.29) is 5.75 Å². The van der Waals surface area contributed by atoms with Gasteiger partial charge in [-0.3, -0.25) is 0 Å². The topological polar surface area (TPSA) is 46.5 Å². The molecule has 0 aliphatic carbocycles. The summed E-state index contributed by atoms with van der Waals surface area (Å²) in [6.45, 7) is 6.78. The van der Waals surface area contributed by atoms with E-state index >= 15 is 0 Å². The highest BCUT2D eigenvalue weighted by Gasteiger charge is 2.06. The Labute approximate surface area is 82.6 Å². The Morgan fingerprint density at radius 1 is 1.50 bits per heavy atom. The summed E-state index contributed by atoms with van der Waals surface area (Å²) in [5.74, 6) is -0.0635. The van der Waals surface area contributed by atoms with Crippen molar-refractivity contribution in [2.45, 2.75) is 13.8 Å². The van der Waals surface area contributed by atoms with E-state index < -0.39 is 5.97 Å². The molecule has 0 bridgehead atoms. The first-order valence-electron chi connectivity index (χ1n) is 4.18. The summed E-state index contributed by atoms with van der Waals surface area (Å²) in [6, 6.07) is 4.70. The lowest BCUT2D eigenvalue weighted by atomic mass is 10.2. The van der Waals surface area contributed by atoms with Gasteiger partial charge in [-0.25, -0.2) is 4.79 Å². The van der Waals surface area contributed by atoms with Crippen LogP contribution in [0.25, 0.3) is 0 Å². The largest absolute Gasteiger partial charge is 0.508 e. The zero-order valence-corrected chi connectivity index (χ0v) is 8.20. The van der Waals surface area contributed by atoms with Crippen LogP contribution < -0.4 is 4.74 Å². The van der Waals surface area contributed by atoms with Crippen LogP contribution in [0.3, 0.4) is 0 Å². The molecule has 0 atom stereocenters. The van der Waals surface area contributed by atoms with Gasteiger partial charge in [0.2, 0.25) is 0 Å². The third-order valence-corrected chi connectivity index (χ3v) is 1.74. The second-order valence-electron chi connectivity index (χ2n) is 3.12. The van der Waals surface area contributed by atoms with Gasteiger partial charge in [0.25, 0.3) is 0 Å². The number of esters is 1. The normalized spacial score (nSPS) is 9.57. The molecule has 3 nitrogen and oxygen atoms in total. The van der Waals surface area contributed by atoms with E-state index in [9.17, 15) is 9.90 Å². The quantitative estimate of drug-likeness (QED) is 0.444. The average molecular weight is 192 g/mol. The molecule has 0 fully saturated rings. The molecule has 0 heterocycles. The van der Waals surface area contributed by atoms with Gasteiger partial charge >= 0.3 is 5.97 Å². The van der Waals surface area contributed by atoms with Crippen LogP contribution in [0.15, 0.2) is 30.4 Å². The zero-order chi connectivity index (χ0) is 10.7. The van der Waals surface area contributed by atoms with Gasteiger partial charge in [0.15, 0.2) is 0 Å². The lowest BCUT2D eigenvalue weighted by molar-refractivity contribution is -0.130. The Bertz CT molecular complexity index is 380. The third-order valence-electron chi connectivity index (χ3n) is 1.74. The molecule has 0 spiro atoms. The molecule has 0 saturated heterocycles. The van der Waals surface area contributed by atoms with Gasteiger partial charge in [-0.2, -0.15) is 0 Å². The Morgan fingerprint density at radius 2 is 2.14 bits per heavy atom. The summed E-state index contributed by atoms with van der Waals surface area (Å²) in [6.07, 6.45) is 0. The van der Waals surface area contributed by atoms with Crippen LogP contribution in [-0.2, 0) is 4.79 Å². The second-order valence-corrected chi connectivity index (χ2v) is 3.12. The van der Waals surface area contributed by atoms with Gasteiger partial charge < -0.3 is 9.84 Å². The lowest BCUT2D eigenvalue weighted by Crippen LogP contribution is -2.07. The molecule has 0 amide bonds. The van der Waals surface area contributed by atoms with Gasteiger partial charge in [-0.1, -0.05) is 12.6 Å². The molecule has 0 aliphatic heterocycles. The number of phenolic OH excluding ortho intramolecular Hbond substituents is 1. The molecule has 0 aliphatic rings. The van der Waals surface area contributed by atoms with Crippen molar-refractivity contribution in [2.24, 2.45) is 0 Å². The van der Waals surface area contributed by atoms with Crippen molar-refractivity contribution in [1.29, 1.82) is 0 Å². The smallest absolute Gasteiger partial charge is 0.338 e. The predicted molar refractivity (Wildman–Crippen MR) is 53.3 cm³/mol. The van der Waals surface area contributed by atoms with Crippen LogP contribution in [-0.4, -0.2) is 11.1 Å². The molecular formula is C11H12O3. The molecule has 1 aromatic rings. The first kappa shape index (κ1) is 10.3. The lowest BCUT2D eigenvalue weighted by Gasteiger charge is -2.05. The first-order chi connectivity index (χ1) is 6.50. The second kappa shape index (κ2) is 3.96. The molecule has 0 unspecified atom stereocenters.